The van der Waals surface area contributed by atoms with E-state index in [9.17, 15) is 4.79 Å². The second-order valence-corrected chi connectivity index (χ2v) is 3.34. The van der Waals surface area contributed by atoms with Crippen LogP contribution in [0.15, 0.2) is 24.4 Å². The molecule has 0 saturated carbocycles. The predicted octanol–water partition coefficient (Wildman–Crippen LogP) is 1.71. The van der Waals surface area contributed by atoms with E-state index in [4.69, 9.17) is 0 Å². The van der Waals surface area contributed by atoms with Crippen molar-refractivity contribution in [2.45, 2.75) is 25.8 Å². The van der Waals surface area contributed by atoms with Crippen molar-refractivity contribution in [1.29, 1.82) is 0 Å². The normalized spacial score (nSPS) is 12.4. The van der Waals surface area contributed by atoms with E-state index in [1.165, 1.54) is 0 Å². The maximum absolute atomic E-state index is 10.8. The van der Waals surface area contributed by atoms with Gasteiger partial charge in [-0.05, 0) is 32.5 Å². The number of nitrogens with zero attached hydrogens (tertiary/aromatic N) is 1. The highest BCUT2D eigenvalue weighted by molar-refractivity contribution is 5.75. The second kappa shape index (κ2) is 5.50. The van der Waals surface area contributed by atoms with E-state index in [-0.39, 0.29) is 11.8 Å². The van der Waals surface area contributed by atoms with E-state index < -0.39 is 0 Å². The minimum atomic E-state index is 0.181. The van der Waals surface area contributed by atoms with E-state index >= 15 is 0 Å². The summed E-state index contributed by atoms with van der Waals surface area (Å²) in [4.78, 5) is 15.1. The molecule has 0 radical (unpaired) electrons. The lowest BCUT2D eigenvalue weighted by Crippen LogP contribution is -2.18. The molecule has 0 fully saturated rings. The van der Waals surface area contributed by atoms with Gasteiger partial charge in [-0.1, -0.05) is 6.07 Å². The quantitative estimate of drug-likeness (QED) is 0.772. The number of aromatic nitrogens is 1. The summed E-state index contributed by atoms with van der Waals surface area (Å²) in [7, 11) is 1.89. The fourth-order valence-electron chi connectivity index (χ4n) is 1.37. The average molecular weight is 192 g/mol. The van der Waals surface area contributed by atoms with E-state index in [0.717, 1.165) is 12.1 Å². The molecule has 3 nitrogen and oxygen atoms in total. The number of carbonyl (C=O) groups excluding carboxylic acids is 1. The zero-order valence-electron chi connectivity index (χ0n) is 8.66. The summed E-state index contributed by atoms with van der Waals surface area (Å²) in [5.41, 5.74) is 0.997. The first-order chi connectivity index (χ1) is 6.74. The van der Waals surface area contributed by atoms with Gasteiger partial charge in [0.2, 0.25) is 0 Å². The third kappa shape index (κ3) is 3.26. The van der Waals surface area contributed by atoms with Gasteiger partial charge in [-0.3, -0.25) is 4.98 Å². The van der Waals surface area contributed by atoms with Crippen LogP contribution in [0.1, 0.15) is 31.5 Å². The zero-order chi connectivity index (χ0) is 10.4. The molecule has 1 aromatic rings. The van der Waals surface area contributed by atoms with Gasteiger partial charge in [-0.25, -0.2) is 0 Å². The van der Waals surface area contributed by atoms with Crippen LogP contribution in [0.5, 0.6) is 0 Å². The van der Waals surface area contributed by atoms with Gasteiger partial charge in [-0.15, -0.1) is 0 Å². The Balaban J connectivity index is 2.58. The monoisotopic (exact) mass is 192 g/mol. The molecule has 0 saturated heterocycles. The van der Waals surface area contributed by atoms with E-state index in [1.54, 1.807) is 13.1 Å². The molecule has 0 aliphatic heterocycles. The topological polar surface area (TPSA) is 42.0 Å². The van der Waals surface area contributed by atoms with Crippen LogP contribution < -0.4 is 5.32 Å². The largest absolute Gasteiger partial charge is 0.312 e. The molecular formula is C11H16N2O. The zero-order valence-corrected chi connectivity index (χ0v) is 8.66. The summed E-state index contributed by atoms with van der Waals surface area (Å²) >= 11 is 0. The number of nitrogens with one attached hydrogen (secondary N) is 1. The first-order valence-electron chi connectivity index (χ1n) is 4.81. The molecule has 1 N–H and O–H groups in total. The molecule has 1 unspecified atom stereocenters. The lowest BCUT2D eigenvalue weighted by Gasteiger charge is -2.14. The summed E-state index contributed by atoms with van der Waals surface area (Å²) in [6, 6.07) is 6.00. The number of ketones is 1. The standard InChI is InChI=1S/C11H16N2O/c1-9(14)6-7-10(12-2)11-5-3-4-8-13-11/h3-5,8,10,12H,6-7H2,1-2H3. The van der Waals surface area contributed by atoms with Crippen molar-refractivity contribution in [1.82, 2.24) is 10.3 Å². The van der Waals surface area contributed by atoms with Crippen LogP contribution in [0.3, 0.4) is 0 Å². The van der Waals surface area contributed by atoms with Crippen LogP contribution in [-0.4, -0.2) is 17.8 Å². The Labute approximate surface area is 84.6 Å². The lowest BCUT2D eigenvalue weighted by atomic mass is 10.1. The van der Waals surface area contributed by atoms with Crippen molar-refractivity contribution in [3.8, 4) is 0 Å². The number of hydrogen-bond acceptors (Lipinski definition) is 3. The van der Waals surface area contributed by atoms with Gasteiger partial charge >= 0.3 is 0 Å². The first kappa shape index (κ1) is 10.9. The molecule has 1 atom stereocenters. The number of rotatable bonds is 5. The minimum absolute atomic E-state index is 0.181. The van der Waals surface area contributed by atoms with E-state index in [2.05, 4.69) is 10.3 Å². The van der Waals surface area contributed by atoms with Crippen LogP contribution >= 0.6 is 0 Å². The number of hydrogen-bond donors (Lipinski definition) is 1. The van der Waals surface area contributed by atoms with Crippen molar-refractivity contribution >= 4 is 5.78 Å². The van der Waals surface area contributed by atoms with Crippen LogP contribution in [0.25, 0.3) is 0 Å². The van der Waals surface area contributed by atoms with Crippen molar-refractivity contribution in [2.24, 2.45) is 0 Å². The number of Topliss-reactive ketones (excluding diaryl/α,β-unsaturated/α-hetero) is 1. The molecule has 1 aromatic heterocycles. The highest BCUT2D eigenvalue weighted by Gasteiger charge is 2.10. The van der Waals surface area contributed by atoms with Crippen LogP contribution in [0.4, 0.5) is 0 Å². The molecule has 0 aliphatic rings. The highest BCUT2D eigenvalue weighted by Crippen LogP contribution is 2.15. The van der Waals surface area contributed by atoms with E-state index in [1.807, 2.05) is 25.2 Å². The molecule has 0 amide bonds. The predicted molar refractivity (Wildman–Crippen MR) is 56.0 cm³/mol. The average Bonchev–Trinajstić information content (AvgIpc) is 2.20. The van der Waals surface area contributed by atoms with Crippen molar-refractivity contribution in [3.05, 3.63) is 30.1 Å². The Morgan fingerprint density at radius 2 is 2.36 bits per heavy atom. The molecule has 0 spiro atoms. The molecule has 1 rings (SSSR count). The van der Waals surface area contributed by atoms with Gasteiger partial charge in [0, 0.05) is 18.7 Å². The highest BCUT2D eigenvalue weighted by atomic mass is 16.1. The summed E-state index contributed by atoms with van der Waals surface area (Å²) in [5, 5.41) is 3.16. The maximum atomic E-state index is 10.8. The fourth-order valence-corrected chi connectivity index (χ4v) is 1.37. The molecule has 3 heteroatoms. The summed E-state index contributed by atoms with van der Waals surface area (Å²) in [6.07, 6.45) is 3.18. The maximum Gasteiger partial charge on any atom is 0.129 e. The Morgan fingerprint density at radius 3 is 2.86 bits per heavy atom. The Bertz CT molecular complexity index is 285. The minimum Gasteiger partial charge on any atom is -0.312 e. The van der Waals surface area contributed by atoms with Gasteiger partial charge in [-0.2, -0.15) is 0 Å². The SMILES string of the molecule is CNC(CCC(C)=O)c1ccccn1. The number of carbonyl (C=O) groups is 1. The summed E-state index contributed by atoms with van der Waals surface area (Å²) in [6.45, 7) is 1.62. The molecule has 0 aliphatic carbocycles. The molecule has 0 bridgehead atoms. The summed E-state index contributed by atoms with van der Waals surface area (Å²) in [5.74, 6) is 0.223. The van der Waals surface area contributed by atoms with Crippen molar-refractivity contribution in [3.63, 3.8) is 0 Å². The molecular weight excluding hydrogens is 176 g/mol. The van der Waals surface area contributed by atoms with Gasteiger partial charge in [0.15, 0.2) is 0 Å². The van der Waals surface area contributed by atoms with Gasteiger partial charge in [0.05, 0.1) is 5.69 Å². The van der Waals surface area contributed by atoms with Crippen molar-refractivity contribution < 1.29 is 4.79 Å². The van der Waals surface area contributed by atoms with Crippen molar-refractivity contribution in [2.75, 3.05) is 7.05 Å². The number of pyridine rings is 1. The first-order valence-corrected chi connectivity index (χ1v) is 4.81. The van der Waals surface area contributed by atoms with Crippen LogP contribution in [0, 0.1) is 0 Å². The van der Waals surface area contributed by atoms with Crippen LogP contribution in [0.2, 0.25) is 0 Å². The smallest absolute Gasteiger partial charge is 0.129 e. The fraction of sp³-hybridized carbons (Fsp3) is 0.455. The third-order valence-corrected chi connectivity index (χ3v) is 2.18. The summed E-state index contributed by atoms with van der Waals surface area (Å²) < 4.78 is 0. The third-order valence-electron chi connectivity index (χ3n) is 2.18. The van der Waals surface area contributed by atoms with Gasteiger partial charge in [0.1, 0.15) is 5.78 Å². The lowest BCUT2D eigenvalue weighted by molar-refractivity contribution is -0.117. The molecule has 76 valence electrons. The van der Waals surface area contributed by atoms with Crippen LogP contribution in [-0.2, 0) is 4.79 Å². The molecule has 1 heterocycles. The molecule has 0 aromatic carbocycles. The second-order valence-electron chi connectivity index (χ2n) is 3.34. The van der Waals surface area contributed by atoms with E-state index in [0.29, 0.717) is 6.42 Å². The van der Waals surface area contributed by atoms with Gasteiger partial charge < -0.3 is 10.1 Å². The Morgan fingerprint density at radius 1 is 1.57 bits per heavy atom. The Kier molecular flexibility index (Phi) is 4.26. The molecule has 14 heavy (non-hydrogen) atoms. The van der Waals surface area contributed by atoms with Gasteiger partial charge in [0.25, 0.3) is 0 Å². The Hall–Kier alpha value is -1.22.